The molecule has 1 N–H and O–H groups in total. The van der Waals surface area contributed by atoms with E-state index >= 15 is 0 Å². The van der Waals surface area contributed by atoms with Gasteiger partial charge in [-0.2, -0.15) is 5.10 Å². The van der Waals surface area contributed by atoms with Crippen LogP contribution in [0.5, 0.6) is 0 Å². The lowest BCUT2D eigenvalue weighted by Crippen LogP contribution is -2.29. The monoisotopic (exact) mass is 359 g/mol. The summed E-state index contributed by atoms with van der Waals surface area (Å²) in [6.45, 7) is 0.423. The minimum absolute atomic E-state index is 0.0164. The third kappa shape index (κ3) is 3.64. The van der Waals surface area contributed by atoms with Gasteiger partial charge in [-0.25, -0.2) is 9.48 Å². The van der Waals surface area contributed by atoms with Crippen LogP contribution in [0.3, 0.4) is 0 Å². The Morgan fingerprint density at radius 1 is 1.07 bits per heavy atom. The molecule has 6 heteroatoms. The van der Waals surface area contributed by atoms with Crippen LogP contribution < -0.4 is 10.9 Å². The van der Waals surface area contributed by atoms with Gasteiger partial charge in [-0.05, 0) is 42.3 Å². The second kappa shape index (κ2) is 7.29. The number of para-hydroxylation sites is 1. The topological polar surface area (TPSA) is 77.1 Å². The van der Waals surface area contributed by atoms with Crippen LogP contribution in [-0.4, -0.2) is 22.2 Å². The highest BCUT2D eigenvalue weighted by Gasteiger charge is 2.13. The van der Waals surface area contributed by atoms with E-state index in [-0.39, 0.29) is 5.56 Å². The zero-order chi connectivity index (χ0) is 18.6. The van der Waals surface area contributed by atoms with E-state index < -0.39 is 11.5 Å². The summed E-state index contributed by atoms with van der Waals surface area (Å²) in [6.07, 6.45) is 4.27. The quantitative estimate of drug-likeness (QED) is 0.556. The second-order valence-electron chi connectivity index (χ2n) is 6.11. The van der Waals surface area contributed by atoms with Gasteiger partial charge in [0.2, 0.25) is 0 Å². The third-order valence-corrected chi connectivity index (χ3v) is 4.29. The fraction of sp³-hybridized carbons (Fsp3) is 0.0952. The van der Waals surface area contributed by atoms with Gasteiger partial charge < -0.3 is 9.73 Å². The number of nitrogens with one attached hydrogen (secondary N) is 1. The van der Waals surface area contributed by atoms with Gasteiger partial charge in [-0.3, -0.25) is 4.79 Å². The van der Waals surface area contributed by atoms with Gasteiger partial charge in [0.05, 0.1) is 5.69 Å². The number of carbonyl (C=O) groups is 1. The van der Waals surface area contributed by atoms with Crippen molar-refractivity contribution < 1.29 is 9.21 Å². The number of rotatable bonds is 5. The third-order valence-electron chi connectivity index (χ3n) is 4.29. The Morgan fingerprint density at radius 3 is 2.67 bits per heavy atom. The van der Waals surface area contributed by atoms with Crippen molar-refractivity contribution in [3.05, 3.63) is 94.6 Å². The van der Waals surface area contributed by atoms with Gasteiger partial charge in [0.15, 0.2) is 0 Å². The Balaban J connectivity index is 1.40. The number of nitrogens with zero attached hydrogens (tertiary/aromatic N) is 2. The lowest BCUT2D eigenvalue weighted by molar-refractivity contribution is 0.0950. The molecule has 2 aromatic heterocycles. The van der Waals surface area contributed by atoms with Crippen molar-refractivity contribution >= 4 is 16.9 Å². The molecule has 0 unspecified atom stereocenters. The predicted octanol–water partition coefficient (Wildman–Crippen LogP) is 2.95. The van der Waals surface area contributed by atoms with Crippen molar-refractivity contribution in [3.63, 3.8) is 0 Å². The molecule has 0 saturated heterocycles. The van der Waals surface area contributed by atoms with Gasteiger partial charge in [0, 0.05) is 24.3 Å². The van der Waals surface area contributed by atoms with Crippen molar-refractivity contribution in [3.8, 4) is 5.69 Å². The highest BCUT2D eigenvalue weighted by atomic mass is 16.4. The Labute approximate surface area is 155 Å². The molecule has 27 heavy (non-hydrogen) atoms. The fourth-order valence-electron chi connectivity index (χ4n) is 2.87. The van der Waals surface area contributed by atoms with Crippen LogP contribution >= 0.6 is 0 Å². The molecule has 0 aliphatic rings. The molecule has 2 heterocycles. The van der Waals surface area contributed by atoms with Crippen LogP contribution in [0.15, 0.2) is 82.3 Å². The Morgan fingerprint density at radius 2 is 1.89 bits per heavy atom. The number of amides is 1. The lowest BCUT2D eigenvalue weighted by atomic mass is 10.1. The molecule has 0 atom stereocenters. The van der Waals surface area contributed by atoms with Crippen LogP contribution in [0.2, 0.25) is 0 Å². The zero-order valence-corrected chi connectivity index (χ0v) is 14.5. The maximum absolute atomic E-state index is 12.3. The summed E-state index contributed by atoms with van der Waals surface area (Å²) in [5, 5.41) is 7.68. The van der Waals surface area contributed by atoms with Gasteiger partial charge >= 0.3 is 5.63 Å². The van der Waals surface area contributed by atoms with E-state index in [4.69, 9.17) is 4.42 Å². The van der Waals surface area contributed by atoms with Crippen LogP contribution in [-0.2, 0) is 6.42 Å². The van der Waals surface area contributed by atoms with Gasteiger partial charge in [-0.15, -0.1) is 0 Å². The summed E-state index contributed by atoms with van der Waals surface area (Å²) in [5.41, 5.74) is 1.91. The summed E-state index contributed by atoms with van der Waals surface area (Å²) in [4.78, 5) is 24.3. The first kappa shape index (κ1) is 16.8. The average Bonchev–Trinajstić information content (AvgIpc) is 3.22. The van der Waals surface area contributed by atoms with Crippen LogP contribution in [0.1, 0.15) is 15.9 Å². The molecule has 0 radical (unpaired) electrons. The number of hydrogen-bond acceptors (Lipinski definition) is 4. The van der Waals surface area contributed by atoms with Gasteiger partial charge in [0.1, 0.15) is 11.1 Å². The molecule has 0 fully saturated rings. The van der Waals surface area contributed by atoms with Crippen LogP contribution in [0, 0.1) is 0 Å². The van der Waals surface area contributed by atoms with Crippen LogP contribution in [0.4, 0.5) is 0 Å². The maximum atomic E-state index is 12.3. The van der Waals surface area contributed by atoms with Gasteiger partial charge in [0.25, 0.3) is 5.91 Å². The maximum Gasteiger partial charge on any atom is 0.349 e. The Bertz CT molecular complexity index is 1130. The Hall–Kier alpha value is -3.67. The standard InChI is InChI=1S/C21H17N3O3/c25-20(18-14-16-4-1-2-5-19(16)27-21(18)26)22-12-10-15-6-8-17(9-7-15)24-13-3-11-23-24/h1-9,11,13-14H,10,12H2,(H,22,25). The molecule has 4 rings (SSSR count). The molecule has 0 saturated carbocycles. The van der Waals surface area contributed by atoms with E-state index in [2.05, 4.69) is 10.4 Å². The summed E-state index contributed by atoms with van der Waals surface area (Å²) in [6, 6.07) is 18.5. The molecule has 2 aromatic carbocycles. The molecule has 0 bridgehead atoms. The van der Waals surface area contributed by atoms with Crippen molar-refractivity contribution in [2.24, 2.45) is 0 Å². The number of carbonyl (C=O) groups excluding carboxylic acids is 1. The van der Waals surface area contributed by atoms with Crippen molar-refractivity contribution in [1.29, 1.82) is 0 Å². The highest BCUT2D eigenvalue weighted by molar-refractivity contribution is 5.96. The summed E-state index contributed by atoms with van der Waals surface area (Å²) in [7, 11) is 0. The van der Waals surface area contributed by atoms with Crippen molar-refractivity contribution in [1.82, 2.24) is 15.1 Å². The molecule has 6 nitrogen and oxygen atoms in total. The summed E-state index contributed by atoms with van der Waals surface area (Å²) in [5.74, 6) is -0.428. The zero-order valence-electron chi connectivity index (χ0n) is 14.5. The summed E-state index contributed by atoms with van der Waals surface area (Å²) >= 11 is 0. The minimum atomic E-state index is -0.630. The highest BCUT2D eigenvalue weighted by Crippen LogP contribution is 2.13. The van der Waals surface area contributed by atoms with E-state index in [1.54, 1.807) is 35.1 Å². The van der Waals surface area contributed by atoms with E-state index in [1.807, 2.05) is 42.6 Å². The molecular weight excluding hydrogens is 342 g/mol. The molecule has 1 amide bonds. The SMILES string of the molecule is O=C(NCCc1ccc(-n2cccn2)cc1)c1cc2ccccc2oc1=O. The van der Waals surface area contributed by atoms with E-state index in [0.29, 0.717) is 18.5 Å². The molecule has 4 aromatic rings. The first-order valence-corrected chi connectivity index (χ1v) is 8.61. The fourth-order valence-corrected chi connectivity index (χ4v) is 2.87. The molecular formula is C21H17N3O3. The summed E-state index contributed by atoms with van der Waals surface area (Å²) < 4.78 is 6.98. The molecule has 0 aliphatic carbocycles. The number of aromatic nitrogens is 2. The average molecular weight is 359 g/mol. The first-order valence-electron chi connectivity index (χ1n) is 8.61. The molecule has 134 valence electrons. The Kier molecular flexibility index (Phi) is 4.53. The number of benzene rings is 2. The first-order chi connectivity index (χ1) is 13.2. The minimum Gasteiger partial charge on any atom is -0.422 e. The van der Waals surface area contributed by atoms with Crippen molar-refractivity contribution in [2.75, 3.05) is 6.54 Å². The van der Waals surface area contributed by atoms with Crippen molar-refractivity contribution in [2.45, 2.75) is 6.42 Å². The molecule has 0 aliphatic heterocycles. The normalized spacial score (nSPS) is 10.8. The van der Waals surface area contributed by atoms with E-state index in [9.17, 15) is 9.59 Å². The smallest absolute Gasteiger partial charge is 0.349 e. The molecule has 0 spiro atoms. The second-order valence-corrected chi connectivity index (χ2v) is 6.11. The number of fused-ring (bicyclic) bond motifs is 1. The lowest BCUT2D eigenvalue weighted by Gasteiger charge is -2.07. The van der Waals surface area contributed by atoms with Gasteiger partial charge in [-0.1, -0.05) is 30.3 Å². The number of hydrogen-bond donors (Lipinski definition) is 1. The van der Waals surface area contributed by atoms with E-state index in [1.165, 1.54) is 0 Å². The van der Waals surface area contributed by atoms with E-state index in [0.717, 1.165) is 16.6 Å². The predicted molar refractivity (Wildman–Crippen MR) is 102 cm³/mol. The largest absolute Gasteiger partial charge is 0.422 e. The van der Waals surface area contributed by atoms with Crippen LogP contribution in [0.25, 0.3) is 16.7 Å².